The summed E-state index contributed by atoms with van der Waals surface area (Å²) >= 11 is 11.8. The monoisotopic (exact) mass is 334 g/mol. The van der Waals surface area contributed by atoms with Crippen molar-refractivity contribution in [3.8, 4) is 12.3 Å². The van der Waals surface area contributed by atoms with E-state index >= 15 is 0 Å². The number of nitrogens with zero attached hydrogens (tertiary/aromatic N) is 3. The van der Waals surface area contributed by atoms with Gasteiger partial charge in [0, 0.05) is 7.05 Å². The fourth-order valence-corrected chi connectivity index (χ4v) is 2.03. The van der Waals surface area contributed by atoms with Gasteiger partial charge in [-0.25, -0.2) is 4.98 Å². The Hall–Kier alpha value is -2.29. The lowest BCUT2D eigenvalue weighted by Crippen LogP contribution is -2.27. The zero-order valence-corrected chi connectivity index (χ0v) is 13.2. The summed E-state index contributed by atoms with van der Waals surface area (Å²) in [7, 11) is 1.63. The molecule has 0 unspecified atom stereocenters. The van der Waals surface area contributed by atoms with Crippen LogP contribution in [0.5, 0.6) is 0 Å². The number of hydrogen-bond donors (Lipinski definition) is 1. The van der Waals surface area contributed by atoms with Crippen LogP contribution in [-0.4, -0.2) is 34.4 Å². The Kier molecular flexibility index (Phi) is 5.21. The number of halogens is 2. The summed E-state index contributed by atoms with van der Waals surface area (Å²) in [4.78, 5) is 21.6. The van der Waals surface area contributed by atoms with Crippen LogP contribution in [0.25, 0.3) is 0 Å². The number of carbonyl (C=O) groups is 1. The fourth-order valence-electron chi connectivity index (χ4n) is 1.75. The number of benzene rings is 1. The summed E-state index contributed by atoms with van der Waals surface area (Å²) in [6.07, 6.45) is 6.62. The van der Waals surface area contributed by atoms with Gasteiger partial charge in [-0.1, -0.05) is 29.7 Å². The highest BCUT2D eigenvalue weighted by atomic mass is 35.5. The van der Waals surface area contributed by atoms with E-state index in [4.69, 9.17) is 29.6 Å². The van der Waals surface area contributed by atoms with E-state index in [0.717, 1.165) is 0 Å². The van der Waals surface area contributed by atoms with E-state index in [2.05, 4.69) is 21.2 Å². The maximum atomic E-state index is 12.4. The summed E-state index contributed by atoms with van der Waals surface area (Å²) < 4.78 is 0. The van der Waals surface area contributed by atoms with Gasteiger partial charge >= 0.3 is 0 Å². The lowest BCUT2D eigenvalue weighted by molar-refractivity contribution is 0.0813. The van der Waals surface area contributed by atoms with Gasteiger partial charge in [-0.2, -0.15) is 4.98 Å². The van der Waals surface area contributed by atoms with Crippen molar-refractivity contribution < 1.29 is 4.79 Å². The van der Waals surface area contributed by atoms with E-state index in [1.807, 2.05) is 0 Å². The fraction of sp³-hybridized carbons (Fsp3) is 0.133. The number of carbonyl (C=O) groups excluding carboxylic acids is 1. The van der Waals surface area contributed by atoms with Crippen LogP contribution in [-0.2, 0) is 0 Å². The Morgan fingerprint density at radius 2 is 2.14 bits per heavy atom. The van der Waals surface area contributed by atoms with Gasteiger partial charge in [0.1, 0.15) is 5.02 Å². The predicted molar refractivity (Wildman–Crippen MR) is 87.6 cm³/mol. The van der Waals surface area contributed by atoms with Crippen LogP contribution in [0.1, 0.15) is 10.4 Å². The topological polar surface area (TPSA) is 58.1 Å². The first kappa shape index (κ1) is 16.1. The molecule has 0 saturated heterocycles. The van der Waals surface area contributed by atoms with Crippen molar-refractivity contribution in [2.24, 2.45) is 0 Å². The molecule has 0 aliphatic heterocycles. The second kappa shape index (κ2) is 7.12. The number of para-hydroxylation sites is 1. The van der Waals surface area contributed by atoms with Gasteiger partial charge in [-0.15, -0.1) is 6.42 Å². The van der Waals surface area contributed by atoms with Crippen molar-refractivity contribution in [2.75, 3.05) is 18.9 Å². The zero-order valence-electron chi connectivity index (χ0n) is 11.7. The maximum absolute atomic E-state index is 12.4. The van der Waals surface area contributed by atoms with Crippen LogP contribution in [0.2, 0.25) is 10.3 Å². The summed E-state index contributed by atoms with van der Waals surface area (Å²) in [5, 5.41) is 3.34. The number of anilines is 2. The molecule has 0 bridgehead atoms. The molecule has 112 valence electrons. The van der Waals surface area contributed by atoms with Gasteiger partial charge in [-0.3, -0.25) is 4.79 Å². The molecule has 5 nitrogen and oxygen atoms in total. The molecule has 1 N–H and O–H groups in total. The third-order valence-corrected chi connectivity index (χ3v) is 3.26. The van der Waals surface area contributed by atoms with Gasteiger partial charge in [0.05, 0.1) is 24.0 Å². The minimum absolute atomic E-state index is 0.0557. The lowest BCUT2D eigenvalue weighted by Gasteiger charge is -2.17. The quantitative estimate of drug-likeness (QED) is 0.688. The average Bonchev–Trinajstić information content (AvgIpc) is 2.51. The Labute approximate surface area is 138 Å². The van der Waals surface area contributed by atoms with Crippen LogP contribution >= 0.6 is 23.2 Å². The van der Waals surface area contributed by atoms with Gasteiger partial charge < -0.3 is 10.2 Å². The van der Waals surface area contributed by atoms with Crippen molar-refractivity contribution in [3.63, 3.8) is 0 Å². The molecule has 0 aliphatic rings. The Morgan fingerprint density at radius 3 is 2.86 bits per heavy atom. The molecular formula is C15H12Cl2N4O. The molecule has 1 heterocycles. The molecule has 0 fully saturated rings. The van der Waals surface area contributed by atoms with Gasteiger partial charge in [-0.05, 0) is 23.7 Å². The molecule has 7 heteroatoms. The minimum atomic E-state index is -0.211. The molecule has 1 aromatic carbocycles. The van der Waals surface area contributed by atoms with Gasteiger partial charge in [0.25, 0.3) is 5.91 Å². The van der Waals surface area contributed by atoms with Crippen LogP contribution in [0.15, 0.2) is 30.5 Å². The summed E-state index contributed by atoms with van der Waals surface area (Å²) in [6, 6.07) is 6.98. The molecule has 0 aliphatic carbocycles. The van der Waals surface area contributed by atoms with Gasteiger partial charge in [0.2, 0.25) is 5.28 Å². The molecule has 0 atom stereocenters. The first-order valence-corrected chi connectivity index (χ1v) is 7.01. The third kappa shape index (κ3) is 3.67. The van der Waals surface area contributed by atoms with Crippen molar-refractivity contribution in [3.05, 3.63) is 46.3 Å². The zero-order chi connectivity index (χ0) is 16.1. The Balaban J connectivity index is 2.35. The minimum Gasteiger partial charge on any atom is -0.338 e. The van der Waals surface area contributed by atoms with Gasteiger partial charge in [0.15, 0.2) is 5.82 Å². The highest BCUT2D eigenvalue weighted by Crippen LogP contribution is 2.26. The second-order valence-corrected chi connectivity index (χ2v) is 5.12. The standard InChI is InChI=1S/C15H12Cl2N4O/c1-3-8-21(2)14(22)10-6-4-5-7-12(10)19-13-11(16)9-18-15(17)20-13/h1,4-7,9H,8H2,2H3,(H,18,19,20). The second-order valence-electron chi connectivity index (χ2n) is 4.37. The number of nitrogens with one attached hydrogen (secondary N) is 1. The maximum Gasteiger partial charge on any atom is 0.256 e. The molecule has 2 aromatic rings. The largest absolute Gasteiger partial charge is 0.338 e. The Morgan fingerprint density at radius 1 is 1.41 bits per heavy atom. The molecule has 22 heavy (non-hydrogen) atoms. The van der Waals surface area contributed by atoms with Crippen molar-refractivity contribution in [1.29, 1.82) is 0 Å². The molecule has 0 radical (unpaired) electrons. The van der Waals surface area contributed by atoms with E-state index in [0.29, 0.717) is 22.1 Å². The SMILES string of the molecule is C#CCN(C)C(=O)c1ccccc1Nc1nc(Cl)ncc1Cl. The third-order valence-electron chi connectivity index (χ3n) is 2.80. The lowest BCUT2D eigenvalue weighted by atomic mass is 10.1. The van der Waals surface area contributed by atoms with Crippen molar-refractivity contribution in [1.82, 2.24) is 14.9 Å². The van der Waals surface area contributed by atoms with Crippen LogP contribution < -0.4 is 5.32 Å². The predicted octanol–water partition coefficient (Wildman–Crippen LogP) is 3.23. The molecule has 0 spiro atoms. The molecule has 1 amide bonds. The summed E-state index contributed by atoms with van der Waals surface area (Å²) in [6.45, 7) is 0.216. The molecule has 1 aromatic heterocycles. The summed E-state index contributed by atoms with van der Waals surface area (Å²) in [5.41, 5.74) is 0.999. The number of terminal acetylenes is 1. The van der Waals surface area contributed by atoms with E-state index in [1.54, 1.807) is 31.3 Å². The average molecular weight is 335 g/mol. The Bertz CT molecular complexity index is 743. The van der Waals surface area contributed by atoms with E-state index in [1.165, 1.54) is 11.1 Å². The van der Waals surface area contributed by atoms with Crippen molar-refractivity contribution >= 4 is 40.6 Å². The highest BCUT2D eigenvalue weighted by molar-refractivity contribution is 6.33. The number of aromatic nitrogens is 2. The first-order valence-electron chi connectivity index (χ1n) is 6.26. The molecular weight excluding hydrogens is 323 g/mol. The smallest absolute Gasteiger partial charge is 0.256 e. The van der Waals surface area contributed by atoms with Crippen LogP contribution in [0.4, 0.5) is 11.5 Å². The number of hydrogen-bond acceptors (Lipinski definition) is 4. The van der Waals surface area contributed by atoms with Crippen LogP contribution in [0, 0.1) is 12.3 Å². The summed E-state index contributed by atoms with van der Waals surface area (Å²) in [5.74, 6) is 2.54. The number of amides is 1. The molecule has 0 saturated carbocycles. The first-order chi connectivity index (χ1) is 10.5. The van der Waals surface area contributed by atoms with Crippen molar-refractivity contribution in [2.45, 2.75) is 0 Å². The van der Waals surface area contributed by atoms with E-state index in [9.17, 15) is 4.79 Å². The number of rotatable bonds is 4. The molecule has 2 rings (SSSR count). The van der Waals surface area contributed by atoms with E-state index < -0.39 is 0 Å². The highest BCUT2D eigenvalue weighted by Gasteiger charge is 2.16. The normalized spacial score (nSPS) is 9.91. The van der Waals surface area contributed by atoms with Crippen LogP contribution in [0.3, 0.4) is 0 Å². The van der Waals surface area contributed by atoms with E-state index in [-0.39, 0.29) is 17.7 Å².